The number of anilines is 2. The second kappa shape index (κ2) is 8.22. The molecule has 0 aromatic heterocycles. The smallest absolute Gasteiger partial charge is 0.338 e. The van der Waals surface area contributed by atoms with Gasteiger partial charge in [-0.25, -0.2) is 9.18 Å². The van der Waals surface area contributed by atoms with Crippen molar-refractivity contribution in [1.29, 1.82) is 0 Å². The highest BCUT2D eigenvalue weighted by molar-refractivity contribution is 6.31. The molecule has 0 radical (unpaired) electrons. The molecule has 0 heterocycles. The Kier molecular flexibility index (Phi) is 5.74. The molecule has 0 aliphatic heterocycles. The highest BCUT2D eigenvalue weighted by Gasteiger charge is 2.26. The van der Waals surface area contributed by atoms with Gasteiger partial charge in [0.15, 0.2) is 6.61 Å². The Morgan fingerprint density at radius 1 is 1.25 bits per heavy atom. The van der Waals surface area contributed by atoms with Crippen LogP contribution in [0.5, 0.6) is 0 Å². The quantitative estimate of drug-likeness (QED) is 0.411. The lowest BCUT2D eigenvalue weighted by molar-refractivity contribution is -0.384. The van der Waals surface area contributed by atoms with Crippen molar-refractivity contribution in [3.8, 4) is 0 Å². The summed E-state index contributed by atoms with van der Waals surface area (Å²) in [5, 5.41) is 16.5. The molecule has 1 amide bonds. The maximum absolute atomic E-state index is 13.1. The van der Waals surface area contributed by atoms with E-state index in [1.54, 1.807) is 0 Å². The predicted octanol–water partition coefficient (Wildman–Crippen LogP) is 3.76. The molecule has 1 saturated carbocycles. The summed E-state index contributed by atoms with van der Waals surface area (Å²) in [5.74, 6) is -2.18. The van der Waals surface area contributed by atoms with Crippen molar-refractivity contribution >= 4 is 40.5 Å². The Bertz CT molecular complexity index is 949. The first kappa shape index (κ1) is 19.6. The Hall–Kier alpha value is -3.20. The summed E-state index contributed by atoms with van der Waals surface area (Å²) in [6, 6.07) is 7.73. The number of nitro benzene ring substituents is 1. The number of nitro groups is 1. The highest BCUT2D eigenvalue weighted by atomic mass is 35.5. The zero-order valence-electron chi connectivity index (χ0n) is 14.4. The average molecular weight is 408 g/mol. The summed E-state index contributed by atoms with van der Waals surface area (Å²) in [4.78, 5) is 34.6. The zero-order valence-corrected chi connectivity index (χ0v) is 15.2. The molecular formula is C18H15ClFN3O5. The van der Waals surface area contributed by atoms with Crippen molar-refractivity contribution < 1.29 is 23.6 Å². The molecule has 146 valence electrons. The highest BCUT2D eigenvalue weighted by Crippen LogP contribution is 2.31. The van der Waals surface area contributed by atoms with E-state index in [-0.39, 0.29) is 28.0 Å². The van der Waals surface area contributed by atoms with Gasteiger partial charge in [-0.15, -0.1) is 0 Å². The molecule has 10 heteroatoms. The molecule has 0 spiro atoms. The van der Waals surface area contributed by atoms with E-state index in [9.17, 15) is 24.1 Å². The summed E-state index contributed by atoms with van der Waals surface area (Å²) in [7, 11) is 0. The van der Waals surface area contributed by atoms with Crippen LogP contribution in [0, 0.1) is 15.9 Å². The fourth-order valence-corrected chi connectivity index (χ4v) is 2.55. The molecule has 0 atom stereocenters. The molecule has 2 aromatic rings. The minimum atomic E-state index is -0.881. The topological polar surface area (TPSA) is 111 Å². The molecule has 28 heavy (non-hydrogen) atoms. The van der Waals surface area contributed by atoms with E-state index >= 15 is 0 Å². The molecule has 2 aromatic carbocycles. The second-order valence-electron chi connectivity index (χ2n) is 6.16. The maximum Gasteiger partial charge on any atom is 0.338 e. The standard InChI is InChI=1S/C18H15ClFN3O5/c19-13-8-12(4-5-14(13)20)22-17(24)9-28-18(25)10-1-6-15(21-11-2-3-11)16(7-10)23(26)27/h1,4-8,11,21H,2-3,9H2,(H,22,24). The lowest BCUT2D eigenvalue weighted by Gasteiger charge is -2.09. The van der Waals surface area contributed by atoms with Crippen LogP contribution in [0.3, 0.4) is 0 Å². The average Bonchev–Trinajstić information content (AvgIpc) is 3.47. The number of ether oxygens (including phenoxy) is 1. The van der Waals surface area contributed by atoms with Gasteiger partial charge in [0.05, 0.1) is 15.5 Å². The monoisotopic (exact) mass is 407 g/mol. The van der Waals surface area contributed by atoms with Crippen molar-refractivity contribution in [3.05, 3.63) is 62.9 Å². The largest absolute Gasteiger partial charge is 0.452 e. The van der Waals surface area contributed by atoms with Crippen LogP contribution >= 0.6 is 11.6 Å². The summed E-state index contributed by atoms with van der Waals surface area (Å²) < 4.78 is 18.0. The van der Waals surface area contributed by atoms with E-state index < -0.39 is 29.2 Å². The Labute approximate surface area is 163 Å². The van der Waals surface area contributed by atoms with Crippen LogP contribution in [-0.4, -0.2) is 29.4 Å². The molecule has 0 unspecified atom stereocenters. The van der Waals surface area contributed by atoms with E-state index in [1.807, 2.05) is 0 Å². The number of carbonyl (C=O) groups is 2. The maximum atomic E-state index is 13.1. The SMILES string of the molecule is O=C(COC(=O)c1ccc(NC2CC2)c([N+](=O)[O-])c1)Nc1ccc(F)c(Cl)c1. The van der Waals surface area contributed by atoms with Gasteiger partial charge >= 0.3 is 5.97 Å². The summed E-state index contributed by atoms with van der Waals surface area (Å²) >= 11 is 5.62. The number of carbonyl (C=O) groups excluding carboxylic acids is 2. The molecule has 0 saturated heterocycles. The Morgan fingerprint density at radius 3 is 2.64 bits per heavy atom. The number of esters is 1. The van der Waals surface area contributed by atoms with Crippen LogP contribution in [-0.2, 0) is 9.53 Å². The first-order chi connectivity index (χ1) is 13.3. The third-order valence-corrected chi connectivity index (χ3v) is 4.19. The van der Waals surface area contributed by atoms with Crippen LogP contribution in [0.15, 0.2) is 36.4 Å². The number of benzene rings is 2. The fourth-order valence-electron chi connectivity index (χ4n) is 2.36. The second-order valence-corrected chi connectivity index (χ2v) is 6.57. The minimum absolute atomic E-state index is 0.0503. The van der Waals surface area contributed by atoms with Crippen LogP contribution in [0.2, 0.25) is 5.02 Å². The normalized spacial score (nSPS) is 12.9. The van der Waals surface area contributed by atoms with Crippen molar-refractivity contribution in [1.82, 2.24) is 0 Å². The van der Waals surface area contributed by atoms with E-state index in [4.69, 9.17) is 16.3 Å². The number of hydrogen-bond acceptors (Lipinski definition) is 6. The van der Waals surface area contributed by atoms with Crippen molar-refractivity contribution in [2.24, 2.45) is 0 Å². The van der Waals surface area contributed by atoms with Crippen LogP contribution in [0.1, 0.15) is 23.2 Å². The number of amides is 1. The Morgan fingerprint density at radius 2 is 2.00 bits per heavy atom. The van der Waals surface area contributed by atoms with Gasteiger partial charge in [-0.2, -0.15) is 0 Å². The fraction of sp³-hybridized carbons (Fsp3) is 0.222. The molecule has 0 bridgehead atoms. The minimum Gasteiger partial charge on any atom is -0.452 e. The van der Waals surface area contributed by atoms with Gasteiger partial charge < -0.3 is 15.4 Å². The first-order valence-corrected chi connectivity index (χ1v) is 8.68. The molecule has 8 nitrogen and oxygen atoms in total. The molecule has 1 fully saturated rings. The lowest BCUT2D eigenvalue weighted by atomic mass is 10.1. The van der Waals surface area contributed by atoms with Gasteiger partial charge in [-0.1, -0.05) is 11.6 Å². The zero-order chi connectivity index (χ0) is 20.3. The van der Waals surface area contributed by atoms with E-state index in [1.165, 1.54) is 24.3 Å². The molecule has 1 aliphatic rings. The number of rotatable bonds is 7. The third-order valence-electron chi connectivity index (χ3n) is 3.90. The van der Waals surface area contributed by atoms with Crippen LogP contribution in [0.25, 0.3) is 0 Å². The van der Waals surface area contributed by atoms with Crippen LogP contribution < -0.4 is 10.6 Å². The molecular weight excluding hydrogens is 393 g/mol. The lowest BCUT2D eigenvalue weighted by Crippen LogP contribution is -2.21. The first-order valence-electron chi connectivity index (χ1n) is 8.30. The van der Waals surface area contributed by atoms with Gasteiger partial charge in [0.25, 0.3) is 11.6 Å². The number of halogens is 2. The van der Waals surface area contributed by atoms with Crippen molar-refractivity contribution in [3.63, 3.8) is 0 Å². The number of nitrogens with one attached hydrogen (secondary N) is 2. The summed E-state index contributed by atoms with van der Waals surface area (Å²) in [6.45, 7) is -0.621. The number of nitrogens with zero attached hydrogens (tertiary/aromatic N) is 1. The number of hydrogen-bond donors (Lipinski definition) is 2. The predicted molar refractivity (Wildman–Crippen MR) is 100 cm³/mol. The van der Waals surface area contributed by atoms with Gasteiger partial charge in [-0.05, 0) is 43.2 Å². The van der Waals surface area contributed by atoms with Gasteiger partial charge in [0.2, 0.25) is 0 Å². The van der Waals surface area contributed by atoms with Crippen molar-refractivity contribution in [2.45, 2.75) is 18.9 Å². The van der Waals surface area contributed by atoms with Gasteiger partial charge in [0.1, 0.15) is 11.5 Å². The molecule has 2 N–H and O–H groups in total. The van der Waals surface area contributed by atoms with Gasteiger partial charge in [0, 0.05) is 17.8 Å². The van der Waals surface area contributed by atoms with Crippen molar-refractivity contribution in [2.75, 3.05) is 17.2 Å². The van der Waals surface area contributed by atoms with E-state index in [0.29, 0.717) is 5.69 Å². The van der Waals surface area contributed by atoms with Crippen LogP contribution in [0.4, 0.5) is 21.5 Å². The summed E-state index contributed by atoms with van der Waals surface area (Å²) in [5.41, 5.74) is 0.269. The van der Waals surface area contributed by atoms with E-state index in [2.05, 4.69) is 10.6 Å². The molecule has 1 aliphatic carbocycles. The van der Waals surface area contributed by atoms with E-state index in [0.717, 1.165) is 25.0 Å². The Balaban J connectivity index is 1.60. The summed E-state index contributed by atoms with van der Waals surface area (Å²) in [6.07, 6.45) is 1.88. The van der Waals surface area contributed by atoms with Gasteiger partial charge in [-0.3, -0.25) is 14.9 Å². The third kappa shape index (κ3) is 4.95. The molecule has 3 rings (SSSR count).